The molecule has 2 heterocycles. The summed E-state index contributed by atoms with van der Waals surface area (Å²) < 4.78 is 0. The van der Waals surface area contributed by atoms with Crippen molar-refractivity contribution in [2.24, 2.45) is 5.73 Å². The highest BCUT2D eigenvalue weighted by molar-refractivity contribution is 7.10. The maximum Gasteiger partial charge on any atom is 0.224 e. The molecule has 2 N–H and O–H groups in total. The Morgan fingerprint density at radius 3 is 2.81 bits per heavy atom. The second-order valence-corrected chi connectivity index (χ2v) is 6.16. The Bertz CT molecular complexity index is 599. The van der Waals surface area contributed by atoms with E-state index in [0.717, 1.165) is 25.1 Å². The molecule has 0 saturated carbocycles. The maximum absolute atomic E-state index is 12.4. The third-order valence-corrected chi connectivity index (χ3v) is 4.81. The van der Waals surface area contributed by atoms with E-state index in [4.69, 9.17) is 5.73 Å². The molecular weight excluding hydrogens is 304 g/mol. The van der Waals surface area contributed by atoms with Crippen molar-refractivity contribution in [2.75, 3.05) is 6.54 Å². The molecule has 112 valence electrons. The molecule has 3 rings (SSSR count). The summed E-state index contributed by atoms with van der Waals surface area (Å²) in [5.41, 5.74) is 8.45. The molecule has 1 aromatic carbocycles. The van der Waals surface area contributed by atoms with Crippen molar-refractivity contribution in [3.05, 3.63) is 57.8 Å². The average Bonchev–Trinajstić information content (AvgIpc) is 2.95. The molecule has 21 heavy (non-hydrogen) atoms. The summed E-state index contributed by atoms with van der Waals surface area (Å²) in [6.45, 7) is 1.55. The van der Waals surface area contributed by atoms with Crippen LogP contribution in [0, 0.1) is 0 Å². The lowest BCUT2D eigenvalue weighted by molar-refractivity contribution is -0.132. The smallest absolute Gasteiger partial charge is 0.224 e. The fraction of sp³-hybridized carbons (Fsp3) is 0.312. The predicted molar refractivity (Wildman–Crippen MR) is 88.7 cm³/mol. The van der Waals surface area contributed by atoms with E-state index >= 15 is 0 Å². The van der Waals surface area contributed by atoms with Gasteiger partial charge in [0.2, 0.25) is 5.91 Å². The first-order valence-corrected chi connectivity index (χ1v) is 7.75. The number of nitrogens with zero attached hydrogens (tertiary/aromatic N) is 1. The molecule has 1 amide bonds. The molecule has 5 heteroatoms. The standard InChI is InChI=1S/C16H18N2OS.ClH/c17-14(12-4-2-1-3-5-12)10-16(19)18-8-6-15-13(11-18)7-9-20-15;/h1-5,7,9,14H,6,8,10-11,17H2;1H. The highest BCUT2D eigenvalue weighted by atomic mass is 35.5. The van der Waals surface area contributed by atoms with Crippen LogP contribution in [0.15, 0.2) is 41.8 Å². The molecule has 1 aromatic heterocycles. The summed E-state index contributed by atoms with van der Waals surface area (Å²) in [5, 5.41) is 2.11. The van der Waals surface area contributed by atoms with E-state index in [1.807, 2.05) is 35.2 Å². The van der Waals surface area contributed by atoms with Gasteiger partial charge in [-0.25, -0.2) is 0 Å². The summed E-state index contributed by atoms with van der Waals surface area (Å²) in [6.07, 6.45) is 1.35. The minimum Gasteiger partial charge on any atom is -0.338 e. The minimum atomic E-state index is -0.215. The lowest BCUT2D eigenvalue weighted by Crippen LogP contribution is -2.36. The van der Waals surface area contributed by atoms with Gasteiger partial charge < -0.3 is 10.6 Å². The second kappa shape index (κ2) is 7.07. The number of benzene rings is 1. The van der Waals surface area contributed by atoms with Crippen molar-refractivity contribution in [3.8, 4) is 0 Å². The van der Waals surface area contributed by atoms with E-state index < -0.39 is 0 Å². The van der Waals surface area contributed by atoms with E-state index in [2.05, 4.69) is 11.4 Å². The zero-order valence-corrected chi connectivity index (χ0v) is 13.3. The maximum atomic E-state index is 12.4. The van der Waals surface area contributed by atoms with E-state index in [1.54, 1.807) is 11.3 Å². The molecule has 1 aliphatic heterocycles. The summed E-state index contributed by atoms with van der Waals surface area (Å²) in [4.78, 5) is 15.7. The molecule has 0 bridgehead atoms. The van der Waals surface area contributed by atoms with Crippen LogP contribution in [0.3, 0.4) is 0 Å². The zero-order valence-electron chi connectivity index (χ0n) is 11.7. The van der Waals surface area contributed by atoms with Crippen LogP contribution in [0.2, 0.25) is 0 Å². The van der Waals surface area contributed by atoms with Crippen LogP contribution < -0.4 is 5.73 Å². The van der Waals surface area contributed by atoms with Crippen LogP contribution in [0.4, 0.5) is 0 Å². The molecule has 0 aliphatic carbocycles. The van der Waals surface area contributed by atoms with E-state index in [0.29, 0.717) is 6.42 Å². The Hall–Kier alpha value is -1.36. The van der Waals surface area contributed by atoms with E-state index in [1.165, 1.54) is 10.4 Å². The molecular formula is C16H19ClN2OS. The van der Waals surface area contributed by atoms with Crippen LogP contribution in [-0.2, 0) is 17.8 Å². The van der Waals surface area contributed by atoms with Crippen LogP contribution in [0.1, 0.15) is 28.5 Å². The number of halogens is 1. The van der Waals surface area contributed by atoms with Gasteiger partial charge in [0.1, 0.15) is 0 Å². The predicted octanol–water partition coefficient (Wildman–Crippen LogP) is 3.14. The number of carbonyl (C=O) groups is 1. The number of hydrogen-bond donors (Lipinski definition) is 1. The Kier molecular flexibility index (Phi) is 5.39. The van der Waals surface area contributed by atoms with Crippen molar-refractivity contribution < 1.29 is 4.79 Å². The monoisotopic (exact) mass is 322 g/mol. The molecule has 0 saturated heterocycles. The van der Waals surface area contributed by atoms with Gasteiger partial charge in [-0.3, -0.25) is 4.79 Å². The first-order chi connectivity index (χ1) is 9.74. The number of thiophene rings is 1. The summed E-state index contributed by atoms with van der Waals surface area (Å²) >= 11 is 1.79. The Balaban J connectivity index is 0.00000161. The number of fused-ring (bicyclic) bond motifs is 1. The quantitative estimate of drug-likeness (QED) is 0.943. The molecule has 2 aromatic rings. The normalized spacial score (nSPS) is 15.0. The average molecular weight is 323 g/mol. The lowest BCUT2D eigenvalue weighted by atomic mass is 10.0. The minimum absolute atomic E-state index is 0. The molecule has 3 nitrogen and oxygen atoms in total. The van der Waals surface area contributed by atoms with Gasteiger partial charge in [-0.15, -0.1) is 23.7 Å². The van der Waals surface area contributed by atoms with Crippen molar-refractivity contribution in [1.82, 2.24) is 4.90 Å². The first-order valence-electron chi connectivity index (χ1n) is 6.87. The van der Waals surface area contributed by atoms with Gasteiger partial charge >= 0.3 is 0 Å². The van der Waals surface area contributed by atoms with Crippen LogP contribution >= 0.6 is 23.7 Å². The molecule has 1 atom stereocenters. The number of nitrogens with two attached hydrogens (primary N) is 1. The lowest BCUT2D eigenvalue weighted by Gasteiger charge is -2.28. The number of amides is 1. The topological polar surface area (TPSA) is 46.3 Å². The summed E-state index contributed by atoms with van der Waals surface area (Å²) in [7, 11) is 0. The third-order valence-electron chi connectivity index (χ3n) is 3.78. The van der Waals surface area contributed by atoms with E-state index in [-0.39, 0.29) is 24.4 Å². The molecule has 0 fully saturated rings. The molecule has 0 radical (unpaired) electrons. The SMILES string of the molecule is Cl.NC(CC(=O)N1CCc2sccc2C1)c1ccccc1. The largest absolute Gasteiger partial charge is 0.338 e. The van der Waals surface area contributed by atoms with Crippen LogP contribution in [0.5, 0.6) is 0 Å². The van der Waals surface area contributed by atoms with Gasteiger partial charge in [-0.2, -0.15) is 0 Å². The molecule has 1 aliphatic rings. The van der Waals surface area contributed by atoms with Crippen LogP contribution in [-0.4, -0.2) is 17.4 Å². The Morgan fingerprint density at radius 1 is 1.29 bits per heavy atom. The number of hydrogen-bond acceptors (Lipinski definition) is 3. The fourth-order valence-corrected chi connectivity index (χ4v) is 3.49. The van der Waals surface area contributed by atoms with Crippen molar-refractivity contribution in [3.63, 3.8) is 0 Å². The van der Waals surface area contributed by atoms with Gasteiger partial charge in [0, 0.05) is 30.4 Å². The van der Waals surface area contributed by atoms with Gasteiger partial charge in [0.05, 0.1) is 0 Å². The van der Waals surface area contributed by atoms with Gasteiger partial charge in [-0.1, -0.05) is 30.3 Å². The highest BCUT2D eigenvalue weighted by Gasteiger charge is 2.23. The summed E-state index contributed by atoms with van der Waals surface area (Å²) in [5.74, 6) is 0.151. The zero-order chi connectivity index (χ0) is 13.9. The summed E-state index contributed by atoms with van der Waals surface area (Å²) in [6, 6.07) is 11.7. The molecule has 0 spiro atoms. The second-order valence-electron chi connectivity index (χ2n) is 5.16. The highest BCUT2D eigenvalue weighted by Crippen LogP contribution is 2.25. The van der Waals surface area contributed by atoms with Crippen LogP contribution in [0.25, 0.3) is 0 Å². The third kappa shape index (κ3) is 3.64. The first kappa shape index (κ1) is 16.0. The van der Waals surface area contributed by atoms with Gasteiger partial charge in [0.25, 0.3) is 0 Å². The van der Waals surface area contributed by atoms with Crippen molar-refractivity contribution in [1.29, 1.82) is 0 Å². The Morgan fingerprint density at radius 2 is 2.05 bits per heavy atom. The Labute approximate surface area is 135 Å². The van der Waals surface area contributed by atoms with E-state index in [9.17, 15) is 4.79 Å². The van der Waals surface area contributed by atoms with Crippen molar-refractivity contribution in [2.45, 2.75) is 25.4 Å². The van der Waals surface area contributed by atoms with Crippen molar-refractivity contribution >= 4 is 29.7 Å². The van der Waals surface area contributed by atoms with Gasteiger partial charge in [0.15, 0.2) is 0 Å². The number of rotatable bonds is 3. The number of carbonyl (C=O) groups excluding carboxylic acids is 1. The molecule has 1 unspecified atom stereocenters. The fourth-order valence-electron chi connectivity index (χ4n) is 2.60. The van der Waals surface area contributed by atoms with Gasteiger partial charge in [-0.05, 0) is 29.0 Å².